The summed E-state index contributed by atoms with van der Waals surface area (Å²) in [5, 5.41) is 11.1. The number of hydrogen-bond acceptors (Lipinski definition) is 6. The van der Waals surface area contributed by atoms with E-state index in [-0.39, 0.29) is 11.3 Å². The summed E-state index contributed by atoms with van der Waals surface area (Å²) in [6, 6.07) is 16.5. The number of rotatable bonds is 7. The van der Waals surface area contributed by atoms with Crippen molar-refractivity contribution in [3.05, 3.63) is 89.8 Å². The van der Waals surface area contributed by atoms with Crippen molar-refractivity contribution in [1.29, 1.82) is 0 Å². The van der Waals surface area contributed by atoms with Crippen LogP contribution in [0.25, 0.3) is 5.76 Å². The smallest absolute Gasteiger partial charge is 0.300 e. The molecule has 0 radical (unpaired) electrons. The summed E-state index contributed by atoms with van der Waals surface area (Å²) in [6.07, 6.45) is 3.03. The van der Waals surface area contributed by atoms with E-state index in [0.29, 0.717) is 41.5 Å². The minimum atomic E-state index is -0.837. The Balaban J connectivity index is 1.89. The second kappa shape index (κ2) is 9.56. The molecule has 3 aromatic rings. The van der Waals surface area contributed by atoms with Crippen molar-refractivity contribution >= 4 is 23.1 Å². The highest BCUT2D eigenvalue weighted by Gasteiger charge is 2.47. The number of nitrogens with zero attached hydrogens (tertiary/aromatic N) is 2. The highest BCUT2D eigenvalue weighted by atomic mass is 16.5. The average Bonchev–Trinajstić information content (AvgIpc) is 3.11. The lowest BCUT2D eigenvalue weighted by atomic mass is 9.95. The monoisotopic (exact) mass is 444 g/mol. The number of pyridine rings is 1. The van der Waals surface area contributed by atoms with Gasteiger partial charge in [-0.1, -0.05) is 12.1 Å². The topological polar surface area (TPSA) is 89.0 Å². The third-order valence-electron chi connectivity index (χ3n) is 5.31. The maximum Gasteiger partial charge on any atom is 0.300 e. The van der Waals surface area contributed by atoms with Gasteiger partial charge in [-0.05, 0) is 67.9 Å². The molecule has 7 nitrogen and oxygen atoms in total. The fourth-order valence-corrected chi connectivity index (χ4v) is 3.89. The van der Waals surface area contributed by atoms with Crippen LogP contribution >= 0.6 is 0 Å². The molecule has 0 bridgehead atoms. The Morgan fingerprint density at radius 1 is 0.939 bits per heavy atom. The number of ether oxygens (including phenoxy) is 2. The quantitative estimate of drug-likeness (QED) is 0.328. The van der Waals surface area contributed by atoms with Crippen molar-refractivity contribution in [3.63, 3.8) is 0 Å². The van der Waals surface area contributed by atoms with E-state index in [2.05, 4.69) is 4.98 Å². The molecular formula is C26H24N2O5. The molecule has 168 valence electrons. The number of aliphatic hydroxyl groups excluding tert-OH is 1. The van der Waals surface area contributed by atoms with Crippen LogP contribution in [0.2, 0.25) is 0 Å². The Morgan fingerprint density at radius 2 is 1.61 bits per heavy atom. The largest absolute Gasteiger partial charge is 0.507 e. The number of aliphatic hydroxyl groups is 1. The normalized spacial score (nSPS) is 17.3. The lowest BCUT2D eigenvalue weighted by Gasteiger charge is -2.26. The third kappa shape index (κ3) is 4.30. The first-order chi connectivity index (χ1) is 16.0. The maximum atomic E-state index is 13.2. The molecule has 33 heavy (non-hydrogen) atoms. The van der Waals surface area contributed by atoms with Crippen LogP contribution in [0.3, 0.4) is 0 Å². The molecule has 2 aromatic carbocycles. The van der Waals surface area contributed by atoms with Crippen molar-refractivity contribution in [2.24, 2.45) is 0 Å². The fraction of sp³-hybridized carbons (Fsp3) is 0.192. The molecule has 1 saturated heterocycles. The zero-order valence-electron chi connectivity index (χ0n) is 18.4. The Hall–Kier alpha value is -4.13. The van der Waals surface area contributed by atoms with Crippen molar-refractivity contribution in [2.45, 2.75) is 19.9 Å². The molecule has 1 aromatic heterocycles. The first-order valence-corrected chi connectivity index (χ1v) is 10.7. The third-order valence-corrected chi connectivity index (χ3v) is 5.31. The van der Waals surface area contributed by atoms with Gasteiger partial charge in [0.15, 0.2) is 0 Å². The number of amides is 1. The molecule has 0 spiro atoms. The Bertz CT molecular complexity index is 1190. The predicted molar refractivity (Wildman–Crippen MR) is 124 cm³/mol. The summed E-state index contributed by atoms with van der Waals surface area (Å²) in [7, 11) is 0. The molecule has 0 aliphatic carbocycles. The molecule has 2 heterocycles. The number of benzene rings is 2. The zero-order valence-corrected chi connectivity index (χ0v) is 18.4. The van der Waals surface area contributed by atoms with Crippen LogP contribution in [-0.2, 0) is 9.59 Å². The minimum Gasteiger partial charge on any atom is -0.507 e. The number of carbonyl (C=O) groups is 2. The van der Waals surface area contributed by atoms with Gasteiger partial charge in [-0.3, -0.25) is 19.5 Å². The molecule has 1 unspecified atom stereocenters. The second-order valence-corrected chi connectivity index (χ2v) is 7.34. The number of ketones is 1. The van der Waals surface area contributed by atoms with Crippen LogP contribution in [-0.4, -0.2) is 35.0 Å². The number of hydrogen-bond donors (Lipinski definition) is 1. The number of anilines is 1. The van der Waals surface area contributed by atoms with Crippen molar-refractivity contribution in [1.82, 2.24) is 4.98 Å². The molecule has 4 rings (SSSR count). The van der Waals surface area contributed by atoms with Gasteiger partial charge in [-0.2, -0.15) is 0 Å². The molecule has 1 fully saturated rings. The maximum absolute atomic E-state index is 13.2. The Kier molecular flexibility index (Phi) is 6.40. The summed E-state index contributed by atoms with van der Waals surface area (Å²) in [5.41, 5.74) is 1.57. The van der Waals surface area contributed by atoms with Gasteiger partial charge in [0.25, 0.3) is 11.7 Å². The van der Waals surface area contributed by atoms with Gasteiger partial charge in [0.1, 0.15) is 17.3 Å². The molecule has 1 aliphatic rings. The van der Waals surface area contributed by atoms with Crippen LogP contribution in [0.4, 0.5) is 5.69 Å². The van der Waals surface area contributed by atoms with E-state index in [9.17, 15) is 14.7 Å². The number of Topliss-reactive ketones (excluding diaryl/α,β-unsaturated/α-hetero) is 1. The van der Waals surface area contributed by atoms with Crippen LogP contribution in [0, 0.1) is 0 Å². The summed E-state index contributed by atoms with van der Waals surface area (Å²) in [5.74, 6) is -0.469. The summed E-state index contributed by atoms with van der Waals surface area (Å²) < 4.78 is 11.1. The molecular weight excluding hydrogens is 420 g/mol. The van der Waals surface area contributed by atoms with Crippen molar-refractivity contribution in [3.8, 4) is 11.5 Å². The lowest BCUT2D eigenvalue weighted by molar-refractivity contribution is -0.132. The molecule has 7 heteroatoms. The predicted octanol–water partition coefficient (Wildman–Crippen LogP) is 4.51. The van der Waals surface area contributed by atoms with Crippen LogP contribution < -0.4 is 14.4 Å². The van der Waals surface area contributed by atoms with E-state index in [1.807, 2.05) is 13.8 Å². The van der Waals surface area contributed by atoms with E-state index < -0.39 is 17.7 Å². The molecule has 1 aliphatic heterocycles. The molecule has 1 atom stereocenters. The van der Waals surface area contributed by atoms with E-state index in [1.54, 1.807) is 60.7 Å². The summed E-state index contributed by atoms with van der Waals surface area (Å²) >= 11 is 0. The van der Waals surface area contributed by atoms with Gasteiger partial charge in [-0.15, -0.1) is 0 Å². The van der Waals surface area contributed by atoms with E-state index in [4.69, 9.17) is 9.47 Å². The minimum absolute atomic E-state index is 0.00809. The lowest BCUT2D eigenvalue weighted by Crippen LogP contribution is -2.29. The highest BCUT2D eigenvalue weighted by Crippen LogP contribution is 2.43. The van der Waals surface area contributed by atoms with Crippen molar-refractivity contribution in [2.75, 3.05) is 18.1 Å². The van der Waals surface area contributed by atoms with Gasteiger partial charge >= 0.3 is 0 Å². The second-order valence-electron chi connectivity index (χ2n) is 7.34. The van der Waals surface area contributed by atoms with Gasteiger partial charge in [-0.25, -0.2) is 0 Å². The first kappa shape index (κ1) is 22.1. The average molecular weight is 444 g/mol. The summed E-state index contributed by atoms with van der Waals surface area (Å²) in [4.78, 5) is 31.8. The van der Waals surface area contributed by atoms with Gasteiger partial charge in [0.2, 0.25) is 0 Å². The number of aromatic nitrogens is 1. The van der Waals surface area contributed by atoms with Gasteiger partial charge < -0.3 is 14.6 Å². The zero-order chi connectivity index (χ0) is 23.4. The standard InChI is InChI=1S/C26H24N2O5/c1-3-32-20-10-8-19(9-11-20)28-23(18-6-5-7-21(16-18)33-4-2)22(25(30)26(28)31)24(29)17-12-14-27-15-13-17/h5-16,23,29H,3-4H2,1-2H3/b24-22-. The van der Waals surface area contributed by atoms with Crippen LogP contribution in [0.1, 0.15) is 31.0 Å². The van der Waals surface area contributed by atoms with E-state index >= 15 is 0 Å². The van der Waals surface area contributed by atoms with E-state index in [0.717, 1.165) is 0 Å². The molecule has 1 N–H and O–H groups in total. The van der Waals surface area contributed by atoms with Gasteiger partial charge in [0.05, 0.1) is 24.8 Å². The summed E-state index contributed by atoms with van der Waals surface area (Å²) in [6.45, 7) is 4.75. The highest BCUT2D eigenvalue weighted by molar-refractivity contribution is 6.51. The van der Waals surface area contributed by atoms with Crippen LogP contribution in [0.15, 0.2) is 78.6 Å². The molecule has 1 amide bonds. The SMILES string of the molecule is CCOc1ccc(N2C(=O)C(=O)/C(=C(\O)c3ccncc3)C2c2cccc(OCC)c2)cc1. The van der Waals surface area contributed by atoms with Gasteiger partial charge in [0, 0.05) is 23.6 Å². The first-order valence-electron chi connectivity index (χ1n) is 10.7. The molecule has 0 saturated carbocycles. The Morgan fingerprint density at radius 3 is 2.27 bits per heavy atom. The van der Waals surface area contributed by atoms with Crippen LogP contribution in [0.5, 0.6) is 11.5 Å². The van der Waals surface area contributed by atoms with E-state index in [1.165, 1.54) is 17.3 Å². The Labute approximate surface area is 191 Å². The van der Waals surface area contributed by atoms with Crippen molar-refractivity contribution < 1.29 is 24.2 Å². The fourth-order valence-electron chi connectivity index (χ4n) is 3.89. The number of carbonyl (C=O) groups excluding carboxylic acids is 2.